The molecule has 0 aliphatic heterocycles. The molecule has 0 heterocycles. The second kappa shape index (κ2) is 19.7. The van der Waals surface area contributed by atoms with Gasteiger partial charge in [-0.1, -0.05) is 0 Å². The van der Waals surface area contributed by atoms with Crippen LogP contribution in [0.5, 0.6) is 0 Å². The van der Waals surface area contributed by atoms with E-state index in [0.29, 0.717) is 0 Å². The van der Waals surface area contributed by atoms with E-state index in [0.717, 1.165) is 0 Å². The van der Waals surface area contributed by atoms with Crippen LogP contribution in [0.25, 0.3) is 0 Å². The van der Waals surface area contributed by atoms with E-state index in [2.05, 4.69) is 0 Å². The molecule has 0 saturated heterocycles. The molecule has 0 rings (SSSR count). The van der Waals surface area contributed by atoms with Gasteiger partial charge in [-0.15, -0.1) is 10.1 Å². The summed E-state index contributed by atoms with van der Waals surface area (Å²) >= 11 is 0. The van der Waals surface area contributed by atoms with Crippen LogP contribution in [0, 0.1) is 25.4 Å². The standard InChI is InChI=1S/HNO3.NO3.2H3N.Na.H2O4S/c2*2-1(3)4;;;;1-5(2,3)4/h(H,2,3,4);;2*1H3;;(H2,1,2,3,4)/q;-1;;;+1;. The van der Waals surface area contributed by atoms with Crippen molar-refractivity contribution >= 4 is 10.4 Å². The smallest absolute Gasteiger partial charge is 0.759 e. The van der Waals surface area contributed by atoms with Gasteiger partial charge in [-0.3, -0.25) is 8.42 Å². The minimum Gasteiger partial charge on any atom is -0.759 e. The Morgan fingerprint density at radius 1 is 0.938 bits per heavy atom. The van der Waals surface area contributed by atoms with Gasteiger partial charge in [0.15, 0.2) is 0 Å². The van der Waals surface area contributed by atoms with Gasteiger partial charge in [-0.2, -0.15) is 0 Å². The van der Waals surface area contributed by atoms with Gasteiger partial charge in [-0.05, 0) is 0 Å². The second-order valence-electron chi connectivity index (χ2n) is 0.870. The van der Waals surface area contributed by atoms with E-state index < -0.39 is 20.6 Å². The summed E-state index contributed by atoms with van der Waals surface area (Å²) in [6.07, 6.45) is 0. The summed E-state index contributed by atoms with van der Waals surface area (Å²) in [6.45, 7) is 0. The first kappa shape index (κ1) is 36.2. The van der Waals surface area contributed by atoms with Crippen molar-refractivity contribution in [3.8, 4) is 0 Å². The molecule has 0 spiro atoms. The maximum atomic E-state index is 8.52. The molecule has 16 heavy (non-hydrogen) atoms. The monoisotopic (exact) mass is 280 g/mol. The molecular weight excluding hydrogens is 271 g/mol. The van der Waals surface area contributed by atoms with E-state index >= 15 is 0 Å². The van der Waals surface area contributed by atoms with Crippen LogP contribution >= 0.6 is 0 Å². The van der Waals surface area contributed by atoms with Crippen molar-refractivity contribution in [3.63, 3.8) is 0 Å². The fraction of sp³-hybridized carbons (Fsp3) is 0. The van der Waals surface area contributed by atoms with Crippen molar-refractivity contribution in [2.45, 2.75) is 0 Å². The Labute approximate surface area is 111 Å². The second-order valence-corrected chi connectivity index (χ2v) is 1.69. The molecule has 0 fully saturated rings. The predicted molar refractivity (Wildman–Crippen MR) is 41.6 cm³/mol. The van der Waals surface area contributed by atoms with Gasteiger partial charge in [-0.25, -0.2) is 0 Å². The van der Waals surface area contributed by atoms with Crippen molar-refractivity contribution in [2.75, 3.05) is 0 Å². The van der Waals surface area contributed by atoms with Crippen molar-refractivity contribution in [1.82, 2.24) is 12.3 Å². The molecule has 0 aliphatic carbocycles. The van der Waals surface area contributed by atoms with Crippen LogP contribution in [0.1, 0.15) is 0 Å². The minimum absolute atomic E-state index is 0. The largest absolute Gasteiger partial charge is 1.00 e. The Morgan fingerprint density at radius 2 is 0.938 bits per heavy atom. The maximum Gasteiger partial charge on any atom is 1.00 e. The Bertz CT molecular complexity index is 218. The first-order chi connectivity index (χ1) is 5.46. The third-order valence-corrected chi connectivity index (χ3v) is 0. The Hall–Kier alpha value is -0.810. The van der Waals surface area contributed by atoms with Gasteiger partial charge >= 0.3 is 29.6 Å². The molecule has 0 aliphatic rings. The van der Waals surface area contributed by atoms with Gasteiger partial charge in [0.05, 0.1) is 5.09 Å². The van der Waals surface area contributed by atoms with Crippen molar-refractivity contribution < 1.29 is 62.5 Å². The number of nitrogens with zero attached hydrogens (tertiary/aromatic N) is 2. The van der Waals surface area contributed by atoms with Crippen LogP contribution in [0.2, 0.25) is 0 Å². The normalized spacial score (nSPS) is 6.62. The van der Waals surface area contributed by atoms with Crippen molar-refractivity contribution in [2.24, 2.45) is 0 Å². The van der Waals surface area contributed by atoms with Crippen LogP contribution in [0.15, 0.2) is 0 Å². The molecule has 0 aromatic carbocycles. The van der Waals surface area contributed by atoms with Crippen LogP contribution in [0.4, 0.5) is 0 Å². The molecule has 0 amide bonds. The quantitative estimate of drug-likeness (QED) is 0.126. The summed E-state index contributed by atoms with van der Waals surface area (Å²) in [7, 11) is -5.17. The Balaban J connectivity index is -0.0000000216. The maximum absolute atomic E-state index is 8.52. The Morgan fingerprint density at radius 3 is 0.938 bits per heavy atom. The van der Waals surface area contributed by atoms with Crippen LogP contribution in [-0.2, 0) is 10.4 Å². The molecule has 0 saturated carbocycles. The average molecular weight is 280 g/mol. The molecule has 96 valence electrons. The molecule has 0 aromatic heterocycles. The van der Waals surface area contributed by atoms with Crippen molar-refractivity contribution in [3.05, 3.63) is 25.4 Å². The first-order valence-electron chi connectivity index (χ1n) is 1.78. The molecule has 0 radical (unpaired) electrons. The van der Waals surface area contributed by atoms with Crippen LogP contribution < -0.4 is 41.9 Å². The average Bonchev–Trinajstić information content (AvgIpc) is 1.50. The molecule has 16 heteroatoms. The van der Waals surface area contributed by atoms with Crippen molar-refractivity contribution in [1.29, 1.82) is 0 Å². The molecule has 0 aromatic rings. The number of quaternary nitrogens is 2. The van der Waals surface area contributed by atoms with E-state index in [9.17, 15) is 0 Å². The summed E-state index contributed by atoms with van der Waals surface area (Å²) in [5.41, 5.74) is 0. The van der Waals surface area contributed by atoms with E-state index in [1.807, 2.05) is 0 Å². The number of rotatable bonds is 0. The zero-order chi connectivity index (χ0) is 11.7. The van der Waals surface area contributed by atoms with E-state index in [-0.39, 0.29) is 41.9 Å². The fourth-order valence-electron chi connectivity index (χ4n) is 0. The molecule has 9 N–H and O–H groups in total. The van der Waals surface area contributed by atoms with E-state index in [1.165, 1.54) is 0 Å². The van der Waals surface area contributed by atoms with E-state index in [1.54, 1.807) is 0 Å². The molecule has 14 nitrogen and oxygen atoms in total. The molecular formula is H9N4NaO10S. The summed E-state index contributed by atoms with van der Waals surface area (Å²) in [5.74, 6) is 0. The topological polar surface area (TPSA) is 283 Å². The van der Waals surface area contributed by atoms with Gasteiger partial charge in [0, 0.05) is 10.4 Å². The zero-order valence-electron chi connectivity index (χ0n) is 8.42. The summed E-state index contributed by atoms with van der Waals surface area (Å²) in [6, 6.07) is 0. The van der Waals surface area contributed by atoms with Gasteiger partial charge in [0.25, 0.3) is 5.09 Å². The zero-order valence-corrected chi connectivity index (χ0v) is 11.2. The fourth-order valence-corrected chi connectivity index (χ4v) is 0. The van der Waals surface area contributed by atoms with Gasteiger partial charge in [0.1, 0.15) is 0 Å². The molecule has 0 atom stereocenters. The van der Waals surface area contributed by atoms with Gasteiger partial charge < -0.3 is 41.9 Å². The van der Waals surface area contributed by atoms with E-state index in [4.69, 9.17) is 48.2 Å². The molecule has 0 bridgehead atoms. The van der Waals surface area contributed by atoms with Crippen LogP contribution in [-0.4, -0.2) is 32.9 Å². The Kier molecular flexibility index (Phi) is 44.6. The summed E-state index contributed by atoms with van der Waals surface area (Å²) < 4.78 is 34.1. The molecule has 0 unspecified atom stereocenters. The predicted octanol–water partition coefficient (Wildman–Crippen LogP) is -4.17. The minimum atomic E-state index is -5.17. The number of hydrogen-bond donors (Lipinski definition) is 3. The summed E-state index contributed by atoms with van der Waals surface area (Å²) in [4.78, 5) is 16.6. The van der Waals surface area contributed by atoms with Gasteiger partial charge in [0.2, 0.25) is 0 Å². The first-order valence-corrected chi connectivity index (χ1v) is 3.11. The summed E-state index contributed by atoms with van der Waals surface area (Å²) in [5, 5.41) is 28.4. The number of hydrogen-bond acceptors (Lipinski definition) is 9. The van der Waals surface area contributed by atoms with Crippen LogP contribution in [0.3, 0.4) is 0 Å². The SMILES string of the molecule is O=S(=O)([O-])[O-].O=[N+]([O-])O.O=[N+]([O-])[O-].[NH4+].[NH4+].[Na+]. The third kappa shape index (κ3) is 2990. The third-order valence-electron chi connectivity index (χ3n) is 0.